The molecule has 0 bridgehead atoms. The number of aliphatic imine (C=N–C) groups is 1. The summed E-state index contributed by atoms with van der Waals surface area (Å²) in [6, 6.07) is 10.0. The molecule has 2 N–H and O–H groups in total. The Morgan fingerprint density at radius 1 is 1.18 bits per heavy atom. The number of nitrogens with one attached hydrogen (secondary N) is 2. The highest BCUT2D eigenvalue weighted by Crippen LogP contribution is 2.09. The molecule has 0 aliphatic heterocycles. The number of nitrogens with zero attached hydrogens (tertiary/aromatic N) is 4. The van der Waals surface area contributed by atoms with Gasteiger partial charge in [-0.25, -0.2) is 4.99 Å². The minimum atomic E-state index is 0. The molecular weight excluding hydrogens is 391 g/mol. The molecule has 1 aromatic carbocycles. The number of para-hydroxylation sites is 1. The summed E-state index contributed by atoms with van der Waals surface area (Å²) in [5.74, 6) is 1.62. The van der Waals surface area contributed by atoms with Crippen molar-refractivity contribution in [3.63, 3.8) is 0 Å². The highest BCUT2D eigenvalue weighted by molar-refractivity contribution is 14.0. The molecule has 0 spiro atoms. The lowest BCUT2D eigenvalue weighted by Crippen LogP contribution is -2.37. The van der Waals surface area contributed by atoms with Crippen molar-refractivity contribution in [3.05, 3.63) is 42.5 Å². The molecule has 0 saturated heterocycles. The van der Waals surface area contributed by atoms with Gasteiger partial charge < -0.3 is 10.6 Å². The Bertz CT molecular complexity index is 566. The van der Waals surface area contributed by atoms with Gasteiger partial charge in [-0.15, -0.1) is 34.2 Å². The van der Waals surface area contributed by atoms with Gasteiger partial charge in [-0.05, 0) is 25.5 Å². The summed E-state index contributed by atoms with van der Waals surface area (Å²) in [5.41, 5.74) is 1.04. The summed E-state index contributed by atoms with van der Waals surface area (Å²) < 4.78 is 1.95. The van der Waals surface area contributed by atoms with Crippen LogP contribution in [0.5, 0.6) is 0 Å². The van der Waals surface area contributed by atoms with E-state index in [2.05, 4.69) is 39.7 Å². The van der Waals surface area contributed by atoms with E-state index in [1.165, 1.54) is 0 Å². The molecule has 2 aromatic rings. The monoisotopic (exact) mass is 414 g/mol. The largest absolute Gasteiger partial charge is 0.357 e. The van der Waals surface area contributed by atoms with Gasteiger partial charge in [0.1, 0.15) is 12.9 Å². The maximum Gasteiger partial charge on any atom is 0.191 e. The van der Waals surface area contributed by atoms with E-state index in [-0.39, 0.29) is 24.0 Å². The third-order valence-corrected chi connectivity index (χ3v) is 2.92. The number of rotatable bonds is 6. The Morgan fingerprint density at radius 2 is 1.95 bits per heavy atom. The summed E-state index contributed by atoms with van der Waals surface area (Å²) in [6.07, 6.45) is 2.77. The predicted molar refractivity (Wildman–Crippen MR) is 99.9 cm³/mol. The number of benzene rings is 1. The first kappa shape index (κ1) is 18.4. The van der Waals surface area contributed by atoms with Gasteiger partial charge >= 0.3 is 0 Å². The van der Waals surface area contributed by atoms with Gasteiger partial charge in [-0.1, -0.05) is 25.1 Å². The second kappa shape index (κ2) is 10.1. The lowest BCUT2D eigenvalue weighted by molar-refractivity contribution is 0.773. The zero-order chi connectivity index (χ0) is 14.9. The van der Waals surface area contributed by atoms with Crippen LogP contribution >= 0.6 is 24.0 Å². The summed E-state index contributed by atoms with van der Waals surface area (Å²) in [7, 11) is 0. The molecule has 22 heavy (non-hydrogen) atoms. The molecule has 7 heteroatoms. The molecule has 0 aliphatic rings. The summed E-state index contributed by atoms with van der Waals surface area (Å²) >= 11 is 0. The van der Waals surface area contributed by atoms with Gasteiger partial charge in [0.2, 0.25) is 0 Å². The second-order valence-corrected chi connectivity index (χ2v) is 4.57. The van der Waals surface area contributed by atoms with Crippen LogP contribution in [0.4, 0.5) is 0 Å². The Labute approximate surface area is 148 Å². The Kier molecular flexibility index (Phi) is 8.49. The smallest absolute Gasteiger partial charge is 0.191 e. The summed E-state index contributed by atoms with van der Waals surface area (Å²) in [5, 5.41) is 14.6. The van der Waals surface area contributed by atoms with Crippen molar-refractivity contribution in [2.75, 3.05) is 13.1 Å². The van der Waals surface area contributed by atoms with Crippen molar-refractivity contribution in [2.45, 2.75) is 26.8 Å². The molecule has 120 valence electrons. The number of aromatic nitrogens is 3. The van der Waals surface area contributed by atoms with E-state index in [1.54, 1.807) is 6.33 Å². The first-order chi connectivity index (χ1) is 10.3. The van der Waals surface area contributed by atoms with Crippen LogP contribution in [0.15, 0.2) is 41.7 Å². The normalized spacial score (nSPS) is 10.9. The van der Waals surface area contributed by atoms with Gasteiger partial charge in [0, 0.05) is 18.8 Å². The van der Waals surface area contributed by atoms with E-state index >= 15 is 0 Å². The molecule has 0 atom stereocenters. The molecule has 0 radical (unpaired) electrons. The molecule has 0 fully saturated rings. The fourth-order valence-corrected chi connectivity index (χ4v) is 1.91. The number of hydrogen-bond donors (Lipinski definition) is 2. The second-order valence-electron chi connectivity index (χ2n) is 4.57. The first-order valence-corrected chi connectivity index (χ1v) is 7.31. The molecular formula is C15H23IN6. The lowest BCUT2D eigenvalue weighted by atomic mass is 10.3. The third-order valence-electron chi connectivity index (χ3n) is 2.92. The van der Waals surface area contributed by atoms with Crippen molar-refractivity contribution in [2.24, 2.45) is 4.99 Å². The molecule has 6 nitrogen and oxygen atoms in total. The molecule has 1 heterocycles. The van der Waals surface area contributed by atoms with E-state index in [0.29, 0.717) is 6.54 Å². The topological polar surface area (TPSA) is 67.1 Å². The average Bonchev–Trinajstić information content (AvgIpc) is 2.99. The number of halogens is 1. The van der Waals surface area contributed by atoms with Gasteiger partial charge in [0.05, 0.1) is 0 Å². The quantitative estimate of drug-likeness (QED) is 0.433. The average molecular weight is 414 g/mol. The molecule has 0 aliphatic carbocycles. The molecule has 0 saturated carbocycles. The molecule has 1 aromatic heterocycles. The van der Waals surface area contributed by atoms with Gasteiger partial charge in [-0.2, -0.15) is 0 Å². The molecule has 0 unspecified atom stereocenters. The van der Waals surface area contributed by atoms with E-state index < -0.39 is 0 Å². The van der Waals surface area contributed by atoms with E-state index in [9.17, 15) is 0 Å². The SMILES string of the molecule is CCCNC(=NCc1nncn1-c1ccccc1)NCC.I. The van der Waals surface area contributed by atoms with Crippen LogP contribution in [0.3, 0.4) is 0 Å². The van der Waals surface area contributed by atoms with Crippen LogP contribution in [0.25, 0.3) is 5.69 Å². The third kappa shape index (κ3) is 5.28. The zero-order valence-electron chi connectivity index (χ0n) is 13.0. The van der Waals surface area contributed by atoms with Gasteiger partial charge in [0.15, 0.2) is 11.8 Å². The van der Waals surface area contributed by atoms with Crippen molar-refractivity contribution < 1.29 is 0 Å². The van der Waals surface area contributed by atoms with Crippen LogP contribution in [0, 0.1) is 0 Å². The first-order valence-electron chi connectivity index (χ1n) is 7.31. The fraction of sp³-hybridized carbons (Fsp3) is 0.400. The van der Waals surface area contributed by atoms with E-state index in [0.717, 1.165) is 37.0 Å². The summed E-state index contributed by atoms with van der Waals surface area (Å²) in [6.45, 7) is 6.39. The van der Waals surface area contributed by atoms with Gasteiger partial charge in [-0.3, -0.25) is 4.57 Å². The fourth-order valence-electron chi connectivity index (χ4n) is 1.91. The maximum atomic E-state index is 4.55. The molecule has 0 amide bonds. The minimum Gasteiger partial charge on any atom is -0.357 e. The Hall–Kier alpha value is -1.64. The predicted octanol–water partition coefficient (Wildman–Crippen LogP) is 2.35. The number of hydrogen-bond acceptors (Lipinski definition) is 3. The van der Waals surface area contributed by atoms with Crippen molar-refractivity contribution in [3.8, 4) is 5.69 Å². The van der Waals surface area contributed by atoms with E-state index in [1.807, 2.05) is 34.9 Å². The Morgan fingerprint density at radius 3 is 2.64 bits per heavy atom. The van der Waals surface area contributed by atoms with Crippen LogP contribution < -0.4 is 10.6 Å². The van der Waals surface area contributed by atoms with Gasteiger partial charge in [0.25, 0.3) is 0 Å². The van der Waals surface area contributed by atoms with Crippen LogP contribution in [-0.4, -0.2) is 33.8 Å². The van der Waals surface area contributed by atoms with Crippen molar-refractivity contribution >= 4 is 29.9 Å². The van der Waals surface area contributed by atoms with Crippen LogP contribution in [0.2, 0.25) is 0 Å². The van der Waals surface area contributed by atoms with E-state index in [4.69, 9.17) is 0 Å². The minimum absolute atomic E-state index is 0. The maximum absolute atomic E-state index is 4.55. The lowest BCUT2D eigenvalue weighted by Gasteiger charge is -2.10. The van der Waals surface area contributed by atoms with Crippen molar-refractivity contribution in [1.29, 1.82) is 0 Å². The zero-order valence-corrected chi connectivity index (χ0v) is 15.3. The standard InChI is InChI=1S/C15H22N6.HI/c1-3-10-17-15(16-4-2)18-11-14-20-19-12-21(14)13-8-6-5-7-9-13;/h5-9,12H,3-4,10-11H2,1-2H3,(H2,16,17,18);1H. The highest BCUT2D eigenvalue weighted by Gasteiger charge is 2.05. The van der Waals surface area contributed by atoms with Crippen LogP contribution in [0.1, 0.15) is 26.1 Å². The summed E-state index contributed by atoms with van der Waals surface area (Å²) in [4.78, 5) is 4.55. The highest BCUT2D eigenvalue weighted by atomic mass is 127. The molecule has 2 rings (SSSR count). The Balaban J connectivity index is 0.00000242. The van der Waals surface area contributed by atoms with Crippen LogP contribution in [-0.2, 0) is 6.54 Å². The van der Waals surface area contributed by atoms with Crippen molar-refractivity contribution in [1.82, 2.24) is 25.4 Å². The number of guanidine groups is 1.